The monoisotopic (exact) mass is 302 g/mol. The number of thiocarbonyl (C=S) groups is 1. The summed E-state index contributed by atoms with van der Waals surface area (Å²) < 4.78 is 0. The van der Waals surface area contributed by atoms with Gasteiger partial charge in [-0.25, -0.2) is 0 Å². The molecule has 1 aromatic carbocycles. The molecule has 0 spiro atoms. The van der Waals surface area contributed by atoms with Gasteiger partial charge in [-0.1, -0.05) is 42.9 Å². The second-order valence-electron chi connectivity index (χ2n) is 6.20. The lowest BCUT2D eigenvalue weighted by Crippen LogP contribution is -2.44. The minimum absolute atomic E-state index is 0.0115. The van der Waals surface area contributed by atoms with Crippen LogP contribution in [0.5, 0.6) is 0 Å². The number of nitrogens with two attached hydrogens (primary N) is 1. The number of rotatable bonds is 3. The molecule has 1 aromatic rings. The molecule has 1 amide bonds. The zero-order chi connectivity index (χ0) is 14.8. The minimum atomic E-state index is -0.0115. The first-order chi connectivity index (χ1) is 10.2. The van der Waals surface area contributed by atoms with Crippen molar-refractivity contribution in [2.45, 2.75) is 50.5 Å². The summed E-state index contributed by atoms with van der Waals surface area (Å²) in [6.07, 6.45) is 6.18. The molecule has 0 radical (unpaired) electrons. The van der Waals surface area contributed by atoms with Crippen LogP contribution < -0.4 is 11.1 Å². The summed E-state index contributed by atoms with van der Waals surface area (Å²) in [4.78, 5) is 13.2. The fourth-order valence-electron chi connectivity index (χ4n) is 3.78. The van der Waals surface area contributed by atoms with Crippen LogP contribution in [0.3, 0.4) is 0 Å². The van der Waals surface area contributed by atoms with Crippen molar-refractivity contribution >= 4 is 23.1 Å². The highest BCUT2D eigenvalue weighted by Crippen LogP contribution is 2.33. The Kier molecular flexibility index (Phi) is 4.24. The SMILES string of the molecule is NC(=S)C1CCCC1NC(=O)C1CCCc2ccccc21. The van der Waals surface area contributed by atoms with Gasteiger partial charge in [0.25, 0.3) is 0 Å². The molecule has 0 bridgehead atoms. The van der Waals surface area contributed by atoms with Crippen molar-refractivity contribution in [3.05, 3.63) is 35.4 Å². The van der Waals surface area contributed by atoms with Crippen molar-refractivity contribution in [3.8, 4) is 0 Å². The van der Waals surface area contributed by atoms with Crippen LogP contribution >= 0.6 is 12.2 Å². The van der Waals surface area contributed by atoms with Gasteiger partial charge in [-0.05, 0) is 43.2 Å². The molecule has 112 valence electrons. The van der Waals surface area contributed by atoms with E-state index in [1.54, 1.807) is 0 Å². The van der Waals surface area contributed by atoms with Crippen molar-refractivity contribution in [2.24, 2.45) is 11.7 Å². The Bertz CT molecular complexity index is 557. The lowest BCUT2D eigenvalue weighted by molar-refractivity contribution is -0.123. The molecule has 0 saturated heterocycles. The van der Waals surface area contributed by atoms with Crippen LogP contribution in [0.1, 0.15) is 49.1 Å². The van der Waals surface area contributed by atoms with E-state index in [2.05, 4.69) is 23.5 Å². The van der Waals surface area contributed by atoms with Gasteiger partial charge in [0, 0.05) is 12.0 Å². The topological polar surface area (TPSA) is 55.1 Å². The first kappa shape index (κ1) is 14.5. The molecule has 3 rings (SSSR count). The summed E-state index contributed by atoms with van der Waals surface area (Å²) in [7, 11) is 0. The molecule has 4 heteroatoms. The summed E-state index contributed by atoms with van der Waals surface area (Å²) in [6, 6.07) is 8.45. The molecule has 3 unspecified atom stereocenters. The van der Waals surface area contributed by atoms with E-state index in [1.165, 1.54) is 11.1 Å². The quantitative estimate of drug-likeness (QED) is 0.844. The maximum absolute atomic E-state index is 12.7. The normalized spacial score (nSPS) is 27.9. The van der Waals surface area contributed by atoms with Crippen LogP contribution in [0.25, 0.3) is 0 Å². The molecule has 0 heterocycles. The van der Waals surface area contributed by atoms with E-state index in [4.69, 9.17) is 18.0 Å². The van der Waals surface area contributed by atoms with Gasteiger partial charge in [0.15, 0.2) is 0 Å². The minimum Gasteiger partial charge on any atom is -0.393 e. The predicted molar refractivity (Wildman–Crippen MR) is 88.2 cm³/mol. The zero-order valence-corrected chi connectivity index (χ0v) is 13.0. The molecular weight excluding hydrogens is 280 g/mol. The summed E-state index contributed by atoms with van der Waals surface area (Å²) >= 11 is 5.13. The van der Waals surface area contributed by atoms with Crippen LogP contribution in [-0.4, -0.2) is 16.9 Å². The Morgan fingerprint density at radius 1 is 1.19 bits per heavy atom. The third-order valence-corrected chi connectivity index (χ3v) is 5.20. The van der Waals surface area contributed by atoms with E-state index in [0.29, 0.717) is 4.99 Å². The van der Waals surface area contributed by atoms with Crippen LogP contribution in [0.15, 0.2) is 24.3 Å². The second kappa shape index (κ2) is 6.14. The first-order valence-corrected chi connectivity index (χ1v) is 8.25. The van der Waals surface area contributed by atoms with E-state index in [-0.39, 0.29) is 23.8 Å². The Hall–Kier alpha value is -1.42. The van der Waals surface area contributed by atoms with Crippen LogP contribution in [0.4, 0.5) is 0 Å². The van der Waals surface area contributed by atoms with E-state index >= 15 is 0 Å². The number of hydrogen-bond acceptors (Lipinski definition) is 2. The smallest absolute Gasteiger partial charge is 0.227 e. The van der Waals surface area contributed by atoms with E-state index in [1.807, 2.05) is 6.07 Å². The highest BCUT2D eigenvalue weighted by atomic mass is 32.1. The maximum Gasteiger partial charge on any atom is 0.227 e. The average molecular weight is 302 g/mol. The predicted octanol–water partition coefficient (Wildman–Crippen LogP) is 2.68. The third-order valence-electron chi connectivity index (χ3n) is 4.89. The van der Waals surface area contributed by atoms with Crippen LogP contribution in [0.2, 0.25) is 0 Å². The van der Waals surface area contributed by atoms with Crippen LogP contribution in [0, 0.1) is 5.92 Å². The number of nitrogens with one attached hydrogen (secondary N) is 1. The van der Waals surface area contributed by atoms with Crippen LogP contribution in [-0.2, 0) is 11.2 Å². The van der Waals surface area contributed by atoms with Gasteiger partial charge in [-0.3, -0.25) is 4.79 Å². The van der Waals surface area contributed by atoms with E-state index < -0.39 is 0 Å². The summed E-state index contributed by atoms with van der Waals surface area (Å²) in [5.74, 6) is 0.306. The van der Waals surface area contributed by atoms with Gasteiger partial charge < -0.3 is 11.1 Å². The van der Waals surface area contributed by atoms with Gasteiger partial charge >= 0.3 is 0 Å². The van der Waals surface area contributed by atoms with E-state index in [0.717, 1.165) is 38.5 Å². The van der Waals surface area contributed by atoms with Gasteiger partial charge in [0.1, 0.15) is 0 Å². The Morgan fingerprint density at radius 3 is 2.81 bits per heavy atom. The van der Waals surface area contributed by atoms with Gasteiger partial charge in [0.2, 0.25) is 5.91 Å². The lowest BCUT2D eigenvalue weighted by atomic mass is 9.82. The standard InChI is InChI=1S/C17H22N2OS/c18-16(21)14-9-4-10-15(14)19-17(20)13-8-3-6-11-5-1-2-7-12(11)13/h1-2,5,7,13-15H,3-4,6,8-10H2,(H2,18,21)(H,19,20). The Balaban J connectivity index is 1.73. The molecule has 1 saturated carbocycles. The molecule has 3 nitrogen and oxygen atoms in total. The number of aryl methyl sites for hydroxylation is 1. The van der Waals surface area contributed by atoms with Gasteiger partial charge in [-0.2, -0.15) is 0 Å². The fraction of sp³-hybridized carbons (Fsp3) is 0.529. The number of benzene rings is 1. The largest absolute Gasteiger partial charge is 0.393 e. The molecule has 0 aromatic heterocycles. The number of hydrogen-bond donors (Lipinski definition) is 2. The highest BCUT2D eigenvalue weighted by molar-refractivity contribution is 7.80. The molecule has 3 atom stereocenters. The number of carbonyl (C=O) groups is 1. The zero-order valence-electron chi connectivity index (χ0n) is 12.2. The number of amides is 1. The van der Waals surface area contributed by atoms with Gasteiger partial charge in [-0.15, -0.1) is 0 Å². The lowest BCUT2D eigenvalue weighted by Gasteiger charge is -2.27. The second-order valence-corrected chi connectivity index (χ2v) is 6.67. The Morgan fingerprint density at radius 2 is 2.00 bits per heavy atom. The maximum atomic E-state index is 12.7. The molecule has 21 heavy (non-hydrogen) atoms. The van der Waals surface area contributed by atoms with Crippen molar-refractivity contribution in [3.63, 3.8) is 0 Å². The van der Waals surface area contributed by atoms with Gasteiger partial charge in [0.05, 0.1) is 10.9 Å². The van der Waals surface area contributed by atoms with Crippen molar-refractivity contribution < 1.29 is 4.79 Å². The fourth-order valence-corrected chi connectivity index (χ4v) is 4.07. The van der Waals surface area contributed by atoms with Crippen molar-refractivity contribution in [2.75, 3.05) is 0 Å². The molecule has 0 aliphatic heterocycles. The highest BCUT2D eigenvalue weighted by Gasteiger charge is 2.33. The summed E-state index contributed by atoms with van der Waals surface area (Å²) in [6.45, 7) is 0. The first-order valence-electron chi connectivity index (χ1n) is 7.84. The molecule has 1 fully saturated rings. The average Bonchev–Trinajstić information content (AvgIpc) is 2.95. The Labute approximate surface area is 131 Å². The molecular formula is C17H22N2OS. The number of fused-ring (bicyclic) bond motifs is 1. The molecule has 2 aliphatic rings. The van der Waals surface area contributed by atoms with Crippen molar-refractivity contribution in [1.29, 1.82) is 0 Å². The van der Waals surface area contributed by atoms with E-state index in [9.17, 15) is 4.79 Å². The number of carbonyl (C=O) groups excluding carboxylic acids is 1. The third kappa shape index (κ3) is 2.95. The summed E-state index contributed by atoms with van der Waals surface area (Å²) in [5.41, 5.74) is 8.32. The summed E-state index contributed by atoms with van der Waals surface area (Å²) in [5, 5.41) is 3.21. The van der Waals surface area contributed by atoms with Crippen molar-refractivity contribution in [1.82, 2.24) is 5.32 Å². The molecule has 3 N–H and O–H groups in total. The molecule has 2 aliphatic carbocycles.